The second-order valence-corrected chi connectivity index (χ2v) is 4.85. The lowest BCUT2D eigenvalue weighted by atomic mass is 10.1. The Labute approximate surface area is 110 Å². The summed E-state index contributed by atoms with van der Waals surface area (Å²) in [4.78, 5) is 14.0. The number of likely N-dealkylation sites (N-methyl/N-ethyl adjacent to an activating group) is 1. The Morgan fingerprint density at radius 1 is 1.56 bits per heavy atom. The van der Waals surface area contributed by atoms with Gasteiger partial charge in [-0.25, -0.2) is 0 Å². The molecule has 1 amide bonds. The van der Waals surface area contributed by atoms with E-state index in [1.165, 1.54) is 0 Å². The molecule has 1 aliphatic heterocycles. The minimum Gasteiger partial charge on any atom is -0.493 e. The van der Waals surface area contributed by atoms with Gasteiger partial charge in [-0.3, -0.25) is 4.79 Å². The maximum absolute atomic E-state index is 12.2. The molecule has 0 saturated heterocycles. The SMILES string of the molecule is C=C(OCC(C)C)C1=C(/C=C\C)CN(CC)C1=O. The van der Waals surface area contributed by atoms with E-state index in [1.807, 2.05) is 26.0 Å². The summed E-state index contributed by atoms with van der Waals surface area (Å²) in [6.07, 6.45) is 3.91. The molecule has 0 aromatic rings. The highest BCUT2D eigenvalue weighted by molar-refractivity contribution is 6.01. The van der Waals surface area contributed by atoms with E-state index in [0.29, 0.717) is 36.9 Å². The normalized spacial score (nSPS) is 16.3. The first-order chi connectivity index (χ1) is 8.51. The van der Waals surface area contributed by atoms with E-state index < -0.39 is 0 Å². The Morgan fingerprint density at radius 3 is 2.72 bits per heavy atom. The van der Waals surface area contributed by atoms with Crippen LogP contribution in [0.2, 0.25) is 0 Å². The summed E-state index contributed by atoms with van der Waals surface area (Å²) >= 11 is 0. The van der Waals surface area contributed by atoms with Crippen molar-refractivity contribution in [3.8, 4) is 0 Å². The zero-order valence-electron chi connectivity index (χ0n) is 11.8. The fourth-order valence-electron chi connectivity index (χ4n) is 1.88. The van der Waals surface area contributed by atoms with Gasteiger partial charge in [0.15, 0.2) is 0 Å². The first-order valence-corrected chi connectivity index (χ1v) is 6.48. The molecule has 0 spiro atoms. The third-order valence-corrected chi connectivity index (χ3v) is 2.80. The van der Waals surface area contributed by atoms with E-state index in [0.717, 1.165) is 5.57 Å². The van der Waals surface area contributed by atoms with Gasteiger partial charge in [0, 0.05) is 13.1 Å². The van der Waals surface area contributed by atoms with Crippen LogP contribution in [0, 0.1) is 5.92 Å². The molecule has 0 bridgehead atoms. The molecule has 1 aliphatic rings. The van der Waals surface area contributed by atoms with Crippen LogP contribution >= 0.6 is 0 Å². The number of carbonyl (C=O) groups excluding carboxylic acids is 1. The molecule has 3 nitrogen and oxygen atoms in total. The van der Waals surface area contributed by atoms with Crippen molar-refractivity contribution in [2.75, 3.05) is 19.7 Å². The lowest BCUT2D eigenvalue weighted by molar-refractivity contribution is -0.125. The summed E-state index contributed by atoms with van der Waals surface area (Å²) in [5.74, 6) is 0.948. The Morgan fingerprint density at radius 2 is 2.22 bits per heavy atom. The Balaban J connectivity index is 2.89. The van der Waals surface area contributed by atoms with Gasteiger partial charge in [-0.2, -0.15) is 0 Å². The van der Waals surface area contributed by atoms with E-state index in [1.54, 1.807) is 4.90 Å². The second-order valence-electron chi connectivity index (χ2n) is 4.85. The van der Waals surface area contributed by atoms with E-state index in [2.05, 4.69) is 20.4 Å². The predicted octanol–water partition coefficient (Wildman–Crippen LogP) is 2.91. The Kier molecular flexibility index (Phi) is 5.20. The molecule has 0 radical (unpaired) electrons. The molecule has 0 fully saturated rings. The zero-order valence-corrected chi connectivity index (χ0v) is 11.8. The molecule has 18 heavy (non-hydrogen) atoms. The van der Waals surface area contributed by atoms with E-state index in [9.17, 15) is 4.79 Å². The quantitative estimate of drug-likeness (QED) is 0.677. The number of carbonyl (C=O) groups is 1. The summed E-state index contributed by atoms with van der Waals surface area (Å²) in [6, 6.07) is 0. The molecule has 3 heteroatoms. The van der Waals surface area contributed by atoms with Gasteiger partial charge in [0.05, 0.1) is 12.2 Å². The van der Waals surface area contributed by atoms with Crippen molar-refractivity contribution in [3.63, 3.8) is 0 Å². The first kappa shape index (κ1) is 14.6. The third kappa shape index (κ3) is 3.25. The molecule has 0 N–H and O–H groups in total. The van der Waals surface area contributed by atoms with Crippen molar-refractivity contribution in [2.45, 2.75) is 27.7 Å². The van der Waals surface area contributed by atoms with Crippen molar-refractivity contribution < 1.29 is 9.53 Å². The highest BCUT2D eigenvalue weighted by Crippen LogP contribution is 2.26. The van der Waals surface area contributed by atoms with Crippen LogP contribution < -0.4 is 0 Å². The van der Waals surface area contributed by atoms with Crippen LogP contribution in [0.1, 0.15) is 27.7 Å². The minimum atomic E-state index is 0.0272. The summed E-state index contributed by atoms with van der Waals surface area (Å²) < 4.78 is 5.59. The molecular formula is C15H23NO2. The number of nitrogens with zero attached hydrogens (tertiary/aromatic N) is 1. The zero-order chi connectivity index (χ0) is 13.7. The molecule has 0 saturated carbocycles. The number of amides is 1. The Hall–Kier alpha value is -1.51. The molecular weight excluding hydrogens is 226 g/mol. The summed E-state index contributed by atoms with van der Waals surface area (Å²) in [7, 11) is 0. The van der Waals surface area contributed by atoms with Crippen molar-refractivity contribution in [1.82, 2.24) is 4.90 Å². The van der Waals surface area contributed by atoms with Crippen LogP contribution in [0.3, 0.4) is 0 Å². The molecule has 0 aromatic heterocycles. The maximum Gasteiger partial charge on any atom is 0.258 e. The molecule has 0 atom stereocenters. The average Bonchev–Trinajstić information content (AvgIpc) is 2.63. The number of hydrogen-bond donors (Lipinski definition) is 0. The van der Waals surface area contributed by atoms with E-state index in [-0.39, 0.29) is 5.91 Å². The predicted molar refractivity (Wildman–Crippen MR) is 74.0 cm³/mol. The summed E-state index contributed by atoms with van der Waals surface area (Å²) in [6.45, 7) is 13.9. The molecule has 0 aromatic carbocycles. The van der Waals surface area contributed by atoms with Crippen LogP contribution in [0.4, 0.5) is 0 Å². The third-order valence-electron chi connectivity index (χ3n) is 2.80. The molecule has 1 heterocycles. The molecule has 1 rings (SSSR count). The van der Waals surface area contributed by atoms with Crippen LogP contribution in [-0.4, -0.2) is 30.5 Å². The van der Waals surface area contributed by atoms with Crippen molar-refractivity contribution in [3.05, 3.63) is 35.6 Å². The number of allylic oxidation sites excluding steroid dienone is 1. The summed E-state index contributed by atoms with van der Waals surface area (Å²) in [5, 5.41) is 0. The second kappa shape index (κ2) is 6.43. The summed E-state index contributed by atoms with van der Waals surface area (Å²) in [5.41, 5.74) is 1.63. The maximum atomic E-state index is 12.2. The van der Waals surface area contributed by atoms with Gasteiger partial charge in [-0.05, 0) is 25.3 Å². The van der Waals surface area contributed by atoms with Crippen LogP contribution in [0.15, 0.2) is 35.6 Å². The van der Waals surface area contributed by atoms with Gasteiger partial charge in [-0.1, -0.05) is 32.6 Å². The number of rotatable bonds is 6. The lowest BCUT2D eigenvalue weighted by Crippen LogP contribution is -2.27. The minimum absolute atomic E-state index is 0.0272. The fraction of sp³-hybridized carbons (Fsp3) is 0.533. The largest absolute Gasteiger partial charge is 0.493 e. The molecule has 0 unspecified atom stereocenters. The lowest BCUT2D eigenvalue weighted by Gasteiger charge is -2.15. The topological polar surface area (TPSA) is 29.5 Å². The van der Waals surface area contributed by atoms with Gasteiger partial charge in [0.1, 0.15) is 5.76 Å². The van der Waals surface area contributed by atoms with E-state index >= 15 is 0 Å². The van der Waals surface area contributed by atoms with Gasteiger partial charge in [0.25, 0.3) is 5.91 Å². The molecule has 100 valence electrons. The monoisotopic (exact) mass is 249 g/mol. The van der Waals surface area contributed by atoms with Crippen LogP contribution in [0.5, 0.6) is 0 Å². The highest BCUT2D eigenvalue weighted by atomic mass is 16.5. The van der Waals surface area contributed by atoms with E-state index in [4.69, 9.17) is 4.74 Å². The number of hydrogen-bond acceptors (Lipinski definition) is 2. The van der Waals surface area contributed by atoms with Gasteiger partial charge >= 0.3 is 0 Å². The van der Waals surface area contributed by atoms with Crippen molar-refractivity contribution in [2.24, 2.45) is 5.92 Å². The standard InChI is InChI=1S/C15H23NO2/c1-6-8-13-9-16(7-2)15(17)14(13)12(5)18-10-11(3)4/h6,8,11H,5,7,9-10H2,1-4H3/b8-6-. The average molecular weight is 249 g/mol. The van der Waals surface area contributed by atoms with Crippen molar-refractivity contribution >= 4 is 5.91 Å². The Bertz CT molecular complexity index is 391. The highest BCUT2D eigenvalue weighted by Gasteiger charge is 2.30. The number of ether oxygens (including phenoxy) is 1. The van der Waals surface area contributed by atoms with Crippen molar-refractivity contribution in [1.29, 1.82) is 0 Å². The molecule has 0 aliphatic carbocycles. The van der Waals surface area contributed by atoms with Gasteiger partial charge in [0.2, 0.25) is 0 Å². The fourth-order valence-corrected chi connectivity index (χ4v) is 1.88. The first-order valence-electron chi connectivity index (χ1n) is 6.48. The van der Waals surface area contributed by atoms with Crippen LogP contribution in [0.25, 0.3) is 0 Å². The smallest absolute Gasteiger partial charge is 0.258 e. The van der Waals surface area contributed by atoms with Gasteiger partial charge < -0.3 is 9.64 Å². The van der Waals surface area contributed by atoms with Crippen LogP contribution in [-0.2, 0) is 9.53 Å². The van der Waals surface area contributed by atoms with Gasteiger partial charge in [-0.15, -0.1) is 0 Å².